The average Bonchev–Trinajstić information content (AvgIpc) is 2.67. The smallest absolute Gasteiger partial charge is 0.328 e. The van der Waals surface area contributed by atoms with Gasteiger partial charge < -0.3 is 14.3 Å². The summed E-state index contributed by atoms with van der Waals surface area (Å²) < 4.78 is 30.5. The molecule has 0 amide bonds. The van der Waals surface area contributed by atoms with Gasteiger partial charge in [0.05, 0.1) is 6.61 Å². The van der Waals surface area contributed by atoms with Crippen LogP contribution < -0.4 is 0 Å². The third kappa shape index (κ3) is 12.5. The summed E-state index contributed by atoms with van der Waals surface area (Å²) in [6.45, 7) is 15.2. The van der Waals surface area contributed by atoms with Crippen molar-refractivity contribution >= 4 is 15.0 Å². The summed E-state index contributed by atoms with van der Waals surface area (Å²) in [5.74, 6) is 0. The van der Waals surface area contributed by atoms with Crippen LogP contribution in [0.3, 0.4) is 0 Å². The van der Waals surface area contributed by atoms with Crippen molar-refractivity contribution in [2.24, 2.45) is 0 Å². The van der Waals surface area contributed by atoms with E-state index in [1.165, 1.54) is 36.1 Å². The summed E-state index contributed by atoms with van der Waals surface area (Å²) in [5.41, 5.74) is 5.40. The van der Waals surface area contributed by atoms with Gasteiger partial charge in [0.25, 0.3) is 0 Å². The predicted octanol–water partition coefficient (Wildman–Crippen LogP) is 8.75. The van der Waals surface area contributed by atoms with Gasteiger partial charge in [-0.05, 0) is 100 Å². The molecule has 0 aromatic heterocycles. The largest absolute Gasteiger partial charge is 0.340 e. The molecule has 0 saturated heterocycles. The fourth-order valence-electron chi connectivity index (χ4n) is 3.37. The Labute approximate surface area is 203 Å². The highest BCUT2D eigenvalue weighted by atomic mass is 31.2. The van der Waals surface area contributed by atoms with E-state index >= 15 is 0 Å². The quantitative estimate of drug-likeness (QED) is 0.163. The lowest BCUT2D eigenvalue weighted by Gasteiger charge is -2.34. The molecule has 0 aliphatic heterocycles. The SMILES string of the molecule is CCOP(=O)(CCC=C(C)CCC=C(C)CCC=C(C)CCC=C(C)C)C(C)(C)P(=O)(O)O. The van der Waals surface area contributed by atoms with Crippen molar-refractivity contribution in [3.63, 3.8) is 0 Å². The number of hydrogen-bond donors (Lipinski definition) is 2. The van der Waals surface area contributed by atoms with Crippen molar-refractivity contribution in [3.05, 3.63) is 46.6 Å². The molecule has 0 aliphatic carbocycles. The van der Waals surface area contributed by atoms with E-state index in [0.717, 1.165) is 38.5 Å². The summed E-state index contributed by atoms with van der Waals surface area (Å²) >= 11 is 0. The molecule has 0 fully saturated rings. The fourth-order valence-corrected chi connectivity index (χ4v) is 7.31. The van der Waals surface area contributed by atoms with E-state index in [4.69, 9.17) is 4.52 Å². The molecule has 1 atom stereocenters. The molecule has 0 aliphatic rings. The Morgan fingerprint density at radius 2 is 1.15 bits per heavy atom. The molecular formula is C26H48O5P2. The molecule has 0 heterocycles. The van der Waals surface area contributed by atoms with Gasteiger partial charge in [0.15, 0.2) is 0 Å². The first-order valence-electron chi connectivity index (χ1n) is 12.1. The van der Waals surface area contributed by atoms with Crippen molar-refractivity contribution in [1.82, 2.24) is 0 Å². The Morgan fingerprint density at radius 3 is 1.52 bits per heavy atom. The first-order valence-corrected chi connectivity index (χ1v) is 15.5. The highest BCUT2D eigenvalue weighted by Crippen LogP contribution is 2.73. The maximum Gasteiger partial charge on any atom is 0.340 e. The number of hydrogen-bond acceptors (Lipinski definition) is 3. The van der Waals surface area contributed by atoms with Crippen molar-refractivity contribution in [3.8, 4) is 0 Å². The minimum atomic E-state index is -4.56. The lowest BCUT2D eigenvalue weighted by atomic mass is 10.0. The van der Waals surface area contributed by atoms with E-state index in [2.05, 4.69) is 45.9 Å². The molecule has 0 spiro atoms. The summed E-state index contributed by atoms with van der Waals surface area (Å²) in [5, 5.41) is 0. The molecule has 33 heavy (non-hydrogen) atoms. The van der Waals surface area contributed by atoms with Crippen LogP contribution in [0.5, 0.6) is 0 Å². The fraction of sp³-hybridized carbons (Fsp3) is 0.692. The monoisotopic (exact) mass is 502 g/mol. The zero-order valence-electron chi connectivity index (χ0n) is 22.2. The van der Waals surface area contributed by atoms with Gasteiger partial charge in [-0.2, -0.15) is 0 Å². The molecule has 0 radical (unpaired) electrons. The topological polar surface area (TPSA) is 83.8 Å². The highest BCUT2D eigenvalue weighted by molar-refractivity contribution is 7.75. The normalized spacial score (nSPS) is 16.0. The molecule has 0 aromatic carbocycles. The maximum absolute atomic E-state index is 13.2. The minimum Gasteiger partial charge on any atom is -0.328 e. The van der Waals surface area contributed by atoms with Gasteiger partial charge in [0, 0.05) is 6.16 Å². The average molecular weight is 503 g/mol. The van der Waals surface area contributed by atoms with Crippen LogP contribution in [0, 0.1) is 0 Å². The first-order chi connectivity index (χ1) is 15.2. The van der Waals surface area contributed by atoms with Crippen molar-refractivity contribution in [2.45, 2.75) is 105 Å². The molecule has 1 unspecified atom stereocenters. The Kier molecular flexibility index (Phi) is 15.0. The second kappa shape index (κ2) is 15.3. The van der Waals surface area contributed by atoms with E-state index < -0.39 is 19.9 Å². The second-order valence-corrected chi connectivity index (χ2v) is 15.4. The van der Waals surface area contributed by atoms with Crippen LogP contribution in [0.25, 0.3) is 0 Å². The number of rotatable bonds is 16. The second-order valence-electron chi connectivity index (χ2n) is 9.69. The summed E-state index contributed by atoms with van der Waals surface area (Å²) in [4.78, 5) is 17.6. The molecule has 0 bridgehead atoms. The van der Waals surface area contributed by atoms with Crippen LogP contribution >= 0.6 is 15.0 Å². The van der Waals surface area contributed by atoms with E-state index in [1.807, 2.05) is 13.0 Å². The summed E-state index contributed by atoms with van der Waals surface area (Å²) in [6.07, 6.45) is 15.8. The molecule has 0 rings (SSSR count). The maximum atomic E-state index is 13.2. The van der Waals surface area contributed by atoms with Gasteiger partial charge in [-0.1, -0.05) is 46.6 Å². The van der Waals surface area contributed by atoms with Crippen LogP contribution in [0.2, 0.25) is 0 Å². The van der Waals surface area contributed by atoms with Crippen LogP contribution in [-0.4, -0.2) is 27.5 Å². The van der Waals surface area contributed by atoms with Crippen molar-refractivity contribution in [1.29, 1.82) is 0 Å². The molecule has 5 nitrogen and oxygen atoms in total. The predicted molar refractivity (Wildman–Crippen MR) is 143 cm³/mol. The van der Waals surface area contributed by atoms with Gasteiger partial charge >= 0.3 is 7.60 Å². The van der Waals surface area contributed by atoms with Crippen LogP contribution in [-0.2, 0) is 13.7 Å². The molecule has 0 aromatic rings. The molecule has 2 N–H and O–H groups in total. The van der Waals surface area contributed by atoms with Gasteiger partial charge in [-0.25, -0.2) is 0 Å². The van der Waals surface area contributed by atoms with Gasteiger partial charge in [0.1, 0.15) is 4.90 Å². The van der Waals surface area contributed by atoms with Gasteiger partial charge in [-0.15, -0.1) is 0 Å². The van der Waals surface area contributed by atoms with Crippen molar-refractivity contribution in [2.75, 3.05) is 12.8 Å². The number of allylic oxidation sites excluding steroid dienone is 8. The summed E-state index contributed by atoms with van der Waals surface area (Å²) in [6, 6.07) is 0. The summed E-state index contributed by atoms with van der Waals surface area (Å²) in [7, 11) is -8.06. The lowest BCUT2D eigenvalue weighted by Crippen LogP contribution is -2.23. The Bertz CT molecular complexity index is 809. The molecule has 7 heteroatoms. The van der Waals surface area contributed by atoms with Crippen LogP contribution in [0.1, 0.15) is 100 Å². The van der Waals surface area contributed by atoms with Crippen LogP contribution in [0.4, 0.5) is 0 Å². The van der Waals surface area contributed by atoms with E-state index in [1.54, 1.807) is 6.92 Å². The van der Waals surface area contributed by atoms with E-state index in [9.17, 15) is 18.9 Å². The third-order valence-corrected chi connectivity index (χ3v) is 12.3. The van der Waals surface area contributed by atoms with E-state index in [-0.39, 0.29) is 12.8 Å². The Morgan fingerprint density at radius 1 is 0.758 bits per heavy atom. The molecule has 0 saturated carbocycles. The first kappa shape index (κ1) is 32.3. The van der Waals surface area contributed by atoms with Gasteiger partial charge in [-0.3, -0.25) is 9.13 Å². The molecule has 192 valence electrons. The minimum absolute atomic E-state index is 0.129. The zero-order valence-corrected chi connectivity index (χ0v) is 24.0. The Hall–Kier alpha value is -0.700. The standard InChI is InChI=1S/C26H48O5P2/c1-9-31-32(27,26(7,8)33(28,29)30)21-13-20-25(6)19-12-18-24(5)17-11-16-23(4)15-10-14-22(2)3/h14,16,18,20H,9-13,15,17,19,21H2,1-8H3,(H2,28,29,30). The third-order valence-electron chi connectivity index (χ3n) is 5.95. The zero-order chi connectivity index (χ0) is 25.7. The van der Waals surface area contributed by atoms with Gasteiger partial charge in [0.2, 0.25) is 7.37 Å². The molecular weight excluding hydrogens is 454 g/mol. The van der Waals surface area contributed by atoms with E-state index in [0.29, 0.717) is 6.42 Å². The lowest BCUT2D eigenvalue weighted by molar-refractivity contribution is 0.307. The highest BCUT2D eigenvalue weighted by Gasteiger charge is 2.53. The van der Waals surface area contributed by atoms with Crippen LogP contribution in [0.15, 0.2) is 46.6 Å². The van der Waals surface area contributed by atoms with Crippen molar-refractivity contribution < 1.29 is 23.4 Å². The Balaban J connectivity index is 4.63.